The Balaban J connectivity index is 1.98. The van der Waals surface area contributed by atoms with Crippen molar-refractivity contribution in [2.45, 2.75) is 50.6 Å². The van der Waals surface area contributed by atoms with Crippen LogP contribution in [0.15, 0.2) is 35.5 Å². The van der Waals surface area contributed by atoms with Gasteiger partial charge in [0.15, 0.2) is 0 Å². The van der Waals surface area contributed by atoms with Gasteiger partial charge in [-0.15, -0.1) is 5.10 Å². The molecule has 1 amide bonds. The Morgan fingerprint density at radius 2 is 1.91 bits per heavy atom. The van der Waals surface area contributed by atoms with Crippen LogP contribution in [0, 0.1) is 5.92 Å². The van der Waals surface area contributed by atoms with Crippen molar-refractivity contribution in [1.82, 2.24) is 20.5 Å². The Labute approximate surface area is 141 Å². The third-order valence-electron chi connectivity index (χ3n) is 3.43. The fourth-order valence-electron chi connectivity index (χ4n) is 2.06. The third kappa shape index (κ3) is 5.10. The summed E-state index contributed by atoms with van der Waals surface area (Å²) in [7, 11) is 0. The molecule has 1 aromatic heterocycles. The number of thioether (sulfide) groups is 1. The molecule has 2 rings (SSSR count). The number of nitrogens with one attached hydrogen (secondary N) is 2. The molecule has 1 heterocycles. The number of carbonyl (C=O) groups is 1. The van der Waals surface area contributed by atoms with Crippen LogP contribution >= 0.6 is 11.8 Å². The smallest absolute Gasteiger partial charge is 0.234 e. The molecule has 1 atom stereocenters. The molecule has 2 aromatic rings. The van der Waals surface area contributed by atoms with Gasteiger partial charge in [-0.2, -0.15) is 0 Å². The van der Waals surface area contributed by atoms with Crippen molar-refractivity contribution >= 4 is 17.7 Å². The van der Waals surface area contributed by atoms with Gasteiger partial charge in [0.25, 0.3) is 0 Å². The number of aromatic nitrogens is 3. The lowest BCUT2D eigenvalue weighted by Crippen LogP contribution is -2.35. The molecule has 0 aliphatic rings. The Hall–Kier alpha value is -1.82. The van der Waals surface area contributed by atoms with Crippen LogP contribution in [0.2, 0.25) is 0 Å². The molecule has 2 N–H and O–H groups in total. The summed E-state index contributed by atoms with van der Waals surface area (Å²) < 4.78 is 0. The standard InChI is InChI=1S/C17H24N4OS/c1-11(2)14(23-17-19-15(12(3)4)20-21-17)16(22)18-10-13-8-6-5-7-9-13/h5-9,11-12,14H,10H2,1-4H3,(H,18,22)(H,19,20,21). The Morgan fingerprint density at radius 3 is 2.48 bits per heavy atom. The van der Waals surface area contributed by atoms with Crippen molar-refractivity contribution in [3.8, 4) is 0 Å². The van der Waals surface area contributed by atoms with Gasteiger partial charge < -0.3 is 5.32 Å². The van der Waals surface area contributed by atoms with E-state index in [9.17, 15) is 4.79 Å². The van der Waals surface area contributed by atoms with Crippen LogP contribution in [0.25, 0.3) is 0 Å². The average molecular weight is 332 g/mol. The molecule has 5 nitrogen and oxygen atoms in total. The maximum absolute atomic E-state index is 12.5. The molecule has 0 saturated carbocycles. The maximum Gasteiger partial charge on any atom is 0.234 e. The number of hydrogen-bond acceptors (Lipinski definition) is 4. The van der Waals surface area contributed by atoms with E-state index < -0.39 is 0 Å². The van der Waals surface area contributed by atoms with Gasteiger partial charge in [0.05, 0.1) is 5.25 Å². The molecule has 1 aromatic carbocycles. The molecule has 0 saturated heterocycles. The zero-order valence-corrected chi connectivity index (χ0v) is 14.9. The summed E-state index contributed by atoms with van der Waals surface area (Å²) >= 11 is 1.41. The van der Waals surface area contributed by atoms with E-state index in [1.165, 1.54) is 11.8 Å². The zero-order valence-electron chi connectivity index (χ0n) is 14.0. The molecular formula is C17H24N4OS. The van der Waals surface area contributed by atoms with E-state index in [2.05, 4.69) is 34.3 Å². The van der Waals surface area contributed by atoms with E-state index in [-0.39, 0.29) is 17.1 Å². The van der Waals surface area contributed by atoms with Crippen molar-refractivity contribution in [3.63, 3.8) is 0 Å². The highest BCUT2D eigenvalue weighted by molar-refractivity contribution is 8.00. The van der Waals surface area contributed by atoms with Gasteiger partial charge in [0.2, 0.25) is 11.1 Å². The summed E-state index contributed by atoms with van der Waals surface area (Å²) in [6, 6.07) is 9.91. The summed E-state index contributed by atoms with van der Waals surface area (Å²) in [5, 5.41) is 10.6. The minimum atomic E-state index is -0.213. The van der Waals surface area contributed by atoms with Crippen LogP contribution in [0.5, 0.6) is 0 Å². The monoisotopic (exact) mass is 332 g/mol. The Bertz CT molecular complexity index is 625. The van der Waals surface area contributed by atoms with Crippen LogP contribution < -0.4 is 5.32 Å². The normalized spacial score (nSPS) is 12.6. The molecule has 0 radical (unpaired) electrons. The van der Waals surface area contributed by atoms with E-state index >= 15 is 0 Å². The highest BCUT2D eigenvalue weighted by Crippen LogP contribution is 2.26. The lowest BCUT2D eigenvalue weighted by atomic mass is 10.1. The second-order valence-electron chi connectivity index (χ2n) is 6.14. The van der Waals surface area contributed by atoms with Crippen LogP contribution in [0.1, 0.15) is 45.0 Å². The van der Waals surface area contributed by atoms with Crippen LogP contribution in [0.3, 0.4) is 0 Å². The lowest BCUT2D eigenvalue weighted by Gasteiger charge is -2.18. The molecule has 1 unspecified atom stereocenters. The zero-order chi connectivity index (χ0) is 16.8. The SMILES string of the molecule is CC(C)c1nc(SC(C(=O)NCc2ccccc2)C(C)C)n[nH]1. The highest BCUT2D eigenvalue weighted by Gasteiger charge is 2.25. The predicted molar refractivity (Wildman–Crippen MR) is 93.2 cm³/mol. The minimum absolute atomic E-state index is 0.0183. The van der Waals surface area contributed by atoms with Crippen LogP contribution in [-0.2, 0) is 11.3 Å². The van der Waals surface area contributed by atoms with E-state index in [4.69, 9.17) is 0 Å². The van der Waals surface area contributed by atoms with Gasteiger partial charge >= 0.3 is 0 Å². The molecule has 0 spiro atoms. The van der Waals surface area contributed by atoms with E-state index in [1.54, 1.807) is 0 Å². The molecular weight excluding hydrogens is 308 g/mol. The quantitative estimate of drug-likeness (QED) is 0.763. The summed E-state index contributed by atoms with van der Waals surface area (Å²) in [5.74, 6) is 1.35. The Morgan fingerprint density at radius 1 is 1.22 bits per heavy atom. The average Bonchev–Trinajstić information content (AvgIpc) is 3.00. The van der Waals surface area contributed by atoms with Crippen LogP contribution in [0.4, 0.5) is 0 Å². The number of aromatic amines is 1. The first-order chi connectivity index (χ1) is 11.0. The maximum atomic E-state index is 12.5. The molecule has 0 aliphatic carbocycles. The van der Waals surface area contributed by atoms with Gasteiger partial charge in [0, 0.05) is 12.5 Å². The third-order valence-corrected chi connectivity index (χ3v) is 4.84. The van der Waals surface area contributed by atoms with Crippen molar-refractivity contribution < 1.29 is 4.79 Å². The molecule has 0 fully saturated rings. The number of H-pyrrole nitrogens is 1. The first kappa shape index (κ1) is 17.5. The van der Waals surface area contributed by atoms with Gasteiger partial charge in [-0.1, -0.05) is 69.8 Å². The predicted octanol–water partition coefficient (Wildman–Crippen LogP) is 3.36. The van der Waals surface area contributed by atoms with Gasteiger partial charge in [0.1, 0.15) is 5.82 Å². The minimum Gasteiger partial charge on any atom is -0.351 e. The number of carbonyl (C=O) groups excluding carboxylic acids is 1. The number of rotatable bonds is 7. The molecule has 124 valence electrons. The fraction of sp³-hybridized carbons (Fsp3) is 0.471. The lowest BCUT2D eigenvalue weighted by molar-refractivity contribution is -0.121. The Kier molecular flexibility index (Phi) is 6.21. The van der Waals surface area contributed by atoms with Crippen molar-refractivity contribution in [1.29, 1.82) is 0 Å². The number of hydrogen-bond donors (Lipinski definition) is 2. The molecule has 23 heavy (non-hydrogen) atoms. The summed E-state index contributed by atoms with van der Waals surface area (Å²) in [6.07, 6.45) is 0. The second kappa shape index (κ2) is 8.15. The number of nitrogens with zero attached hydrogens (tertiary/aromatic N) is 2. The van der Waals surface area contributed by atoms with E-state index in [1.807, 2.05) is 44.2 Å². The summed E-state index contributed by atoms with van der Waals surface area (Å²) in [5.41, 5.74) is 1.09. The molecule has 6 heteroatoms. The van der Waals surface area contributed by atoms with E-state index in [0.29, 0.717) is 17.6 Å². The van der Waals surface area contributed by atoms with Crippen LogP contribution in [-0.4, -0.2) is 26.3 Å². The second-order valence-corrected chi connectivity index (χ2v) is 7.25. The van der Waals surface area contributed by atoms with Crippen molar-refractivity contribution in [2.75, 3.05) is 0 Å². The summed E-state index contributed by atoms with van der Waals surface area (Å²) in [4.78, 5) is 17.0. The topological polar surface area (TPSA) is 70.7 Å². The number of amides is 1. The highest BCUT2D eigenvalue weighted by atomic mass is 32.2. The van der Waals surface area contributed by atoms with Crippen molar-refractivity contribution in [2.24, 2.45) is 5.92 Å². The number of benzene rings is 1. The largest absolute Gasteiger partial charge is 0.351 e. The fourth-order valence-corrected chi connectivity index (χ4v) is 3.00. The summed E-state index contributed by atoms with van der Waals surface area (Å²) in [6.45, 7) is 8.73. The molecule has 0 aliphatic heterocycles. The first-order valence-corrected chi connectivity index (χ1v) is 8.76. The first-order valence-electron chi connectivity index (χ1n) is 7.88. The van der Waals surface area contributed by atoms with Gasteiger partial charge in [-0.3, -0.25) is 9.89 Å². The van der Waals surface area contributed by atoms with Crippen molar-refractivity contribution in [3.05, 3.63) is 41.7 Å². The van der Waals surface area contributed by atoms with E-state index in [0.717, 1.165) is 11.4 Å². The van der Waals surface area contributed by atoms with Gasteiger partial charge in [-0.25, -0.2) is 4.98 Å². The van der Waals surface area contributed by atoms with Gasteiger partial charge in [-0.05, 0) is 11.5 Å². The molecule has 0 bridgehead atoms.